The summed E-state index contributed by atoms with van der Waals surface area (Å²) in [7, 11) is 0. The highest BCUT2D eigenvalue weighted by Crippen LogP contribution is 2.36. The Morgan fingerprint density at radius 2 is 1.84 bits per heavy atom. The third kappa shape index (κ3) is 2.82. The number of benzene rings is 1. The standard InChI is InChI=1S/C17H21N3O3S2/c1-10(21)17(25-3)15(23)19-16(24-2,14(22)20-17)8-11-9-18-13-7-5-4-6-12(11)13/h4-7,9-10,18,21H,8H2,1-3H3,(H,19,23)(H,20,22)/t10?,16-,17-/m1/s1. The minimum absolute atomic E-state index is 0.305. The lowest BCUT2D eigenvalue weighted by Gasteiger charge is -2.45. The van der Waals surface area contributed by atoms with Gasteiger partial charge in [0.05, 0.1) is 6.10 Å². The SMILES string of the molecule is CS[C@@]1(C(C)O)NC(=O)[C@@](Cc2c[nH]c3ccccc23)(SC)NC1=O. The van der Waals surface area contributed by atoms with Gasteiger partial charge in [0.1, 0.15) is 0 Å². The van der Waals surface area contributed by atoms with Gasteiger partial charge in [-0.2, -0.15) is 0 Å². The Hall–Kier alpha value is -1.64. The Morgan fingerprint density at radius 1 is 1.12 bits per heavy atom. The van der Waals surface area contributed by atoms with Crippen LogP contribution in [0.2, 0.25) is 0 Å². The molecule has 134 valence electrons. The smallest absolute Gasteiger partial charge is 0.260 e. The summed E-state index contributed by atoms with van der Waals surface area (Å²) >= 11 is 2.41. The maximum atomic E-state index is 13.0. The van der Waals surface area contributed by atoms with Crippen LogP contribution in [0.5, 0.6) is 0 Å². The van der Waals surface area contributed by atoms with Gasteiger partial charge in [-0.25, -0.2) is 0 Å². The molecule has 4 N–H and O–H groups in total. The van der Waals surface area contributed by atoms with E-state index in [0.717, 1.165) is 28.2 Å². The van der Waals surface area contributed by atoms with Crippen LogP contribution < -0.4 is 10.6 Å². The number of nitrogens with one attached hydrogen (secondary N) is 3. The lowest BCUT2D eigenvalue weighted by Crippen LogP contribution is -2.76. The normalized spacial score (nSPS) is 27.8. The topological polar surface area (TPSA) is 94.2 Å². The zero-order chi connectivity index (χ0) is 18.2. The summed E-state index contributed by atoms with van der Waals surface area (Å²) in [5.41, 5.74) is 1.94. The van der Waals surface area contributed by atoms with Crippen molar-refractivity contribution in [2.24, 2.45) is 0 Å². The number of aromatic nitrogens is 1. The maximum Gasteiger partial charge on any atom is 0.260 e. The second kappa shape index (κ2) is 6.59. The number of rotatable bonds is 5. The number of hydrogen-bond acceptors (Lipinski definition) is 5. The van der Waals surface area contributed by atoms with Crippen LogP contribution in [-0.2, 0) is 16.0 Å². The molecule has 25 heavy (non-hydrogen) atoms. The van der Waals surface area contributed by atoms with E-state index in [4.69, 9.17) is 0 Å². The summed E-state index contributed by atoms with van der Waals surface area (Å²) in [5, 5.41) is 16.7. The Bertz CT molecular complexity index is 822. The van der Waals surface area contributed by atoms with Crippen molar-refractivity contribution in [3.05, 3.63) is 36.0 Å². The van der Waals surface area contributed by atoms with Crippen molar-refractivity contribution in [2.75, 3.05) is 12.5 Å². The van der Waals surface area contributed by atoms with E-state index >= 15 is 0 Å². The Balaban J connectivity index is 1.96. The molecule has 2 heterocycles. The van der Waals surface area contributed by atoms with Crippen LogP contribution in [0.25, 0.3) is 10.9 Å². The summed E-state index contributed by atoms with van der Waals surface area (Å²) in [4.78, 5) is 26.4. The Kier molecular flexibility index (Phi) is 4.78. The summed E-state index contributed by atoms with van der Waals surface area (Å²) in [5.74, 6) is -0.691. The van der Waals surface area contributed by atoms with E-state index in [-0.39, 0.29) is 11.8 Å². The fourth-order valence-corrected chi connectivity index (χ4v) is 4.66. The summed E-state index contributed by atoms with van der Waals surface area (Å²) in [6, 6.07) is 7.84. The monoisotopic (exact) mass is 379 g/mol. The molecular formula is C17H21N3O3S2. The van der Waals surface area contributed by atoms with E-state index in [9.17, 15) is 14.7 Å². The van der Waals surface area contributed by atoms with Gasteiger partial charge in [0.15, 0.2) is 9.74 Å². The first-order valence-electron chi connectivity index (χ1n) is 7.87. The summed E-state index contributed by atoms with van der Waals surface area (Å²) in [6.45, 7) is 1.50. The molecule has 0 bridgehead atoms. The number of para-hydroxylation sites is 1. The van der Waals surface area contributed by atoms with Crippen LogP contribution in [0.15, 0.2) is 30.5 Å². The van der Waals surface area contributed by atoms with Gasteiger partial charge in [-0.1, -0.05) is 18.2 Å². The van der Waals surface area contributed by atoms with Gasteiger partial charge in [-0.3, -0.25) is 9.59 Å². The van der Waals surface area contributed by atoms with Gasteiger partial charge in [0, 0.05) is 23.5 Å². The molecule has 3 rings (SSSR count). The second-order valence-corrected chi connectivity index (χ2v) is 8.25. The number of hydrogen-bond donors (Lipinski definition) is 4. The van der Waals surface area contributed by atoms with Crippen molar-refractivity contribution in [1.29, 1.82) is 0 Å². The highest BCUT2D eigenvalue weighted by Gasteiger charge is 2.55. The minimum atomic E-state index is -1.36. The lowest BCUT2D eigenvalue weighted by molar-refractivity contribution is -0.142. The second-order valence-electron chi connectivity index (χ2n) is 6.09. The maximum absolute atomic E-state index is 13.0. The Morgan fingerprint density at radius 3 is 2.48 bits per heavy atom. The van der Waals surface area contributed by atoms with Crippen LogP contribution >= 0.6 is 23.5 Å². The van der Waals surface area contributed by atoms with Gasteiger partial charge in [-0.15, -0.1) is 23.5 Å². The number of aromatic amines is 1. The minimum Gasteiger partial charge on any atom is -0.389 e. The molecule has 3 atom stereocenters. The molecule has 1 aromatic carbocycles. The zero-order valence-corrected chi connectivity index (χ0v) is 15.9. The van der Waals surface area contributed by atoms with E-state index in [1.165, 1.54) is 18.7 Å². The highest BCUT2D eigenvalue weighted by molar-refractivity contribution is 8.01. The first kappa shape index (κ1) is 18.2. The number of aliphatic hydroxyl groups excluding tert-OH is 1. The molecule has 1 saturated heterocycles. The first-order chi connectivity index (χ1) is 11.9. The molecule has 0 saturated carbocycles. The average molecular weight is 380 g/mol. The fraction of sp³-hybridized carbons (Fsp3) is 0.412. The summed E-state index contributed by atoms with van der Waals surface area (Å²) < 4.78 is 0. The number of aliphatic hydroxyl groups is 1. The van der Waals surface area contributed by atoms with E-state index in [1.54, 1.807) is 12.5 Å². The molecule has 2 aromatic rings. The number of carbonyl (C=O) groups is 2. The quantitative estimate of drug-likeness (QED) is 0.631. The van der Waals surface area contributed by atoms with Crippen molar-refractivity contribution in [3.63, 3.8) is 0 Å². The van der Waals surface area contributed by atoms with E-state index in [0.29, 0.717) is 6.42 Å². The highest BCUT2D eigenvalue weighted by atomic mass is 32.2. The molecule has 1 fully saturated rings. The predicted molar refractivity (Wildman–Crippen MR) is 102 cm³/mol. The van der Waals surface area contributed by atoms with Crippen LogP contribution in [0, 0.1) is 0 Å². The molecule has 0 radical (unpaired) electrons. The van der Waals surface area contributed by atoms with Gasteiger partial charge in [-0.05, 0) is 31.1 Å². The molecule has 2 amide bonds. The molecule has 1 aromatic heterocycles. The van der Waals surface area contributed by atoms with E-state index < -0.39 is 15.8 Å². The van der Waals surface area contributed by atoms with Crippen molar-refractivity contribution in [3.8, 4) is 0 Å². The van der Waals surface area contributed by atoms with Gasteiger partial charge in [0.25, 0.3) is 11.8 Å². The Labute approximate surface area is 154 Å². The fourth-order valence-electron chi connectivity index (χ4n) is 3.15. The zero-order valence-electron chi connectivity index (χ0n) is 14.3. The third-order valence-electron chi connectivity index (χ3n) is 4.69. The number of amides is 2. The first-order valence-corrected chi connectivity index (χ1v) is 10.3. The van der Waals surface area contributed by atoms with Crippen molar-refractivity contribution >= 4 is 46.2 Å². The van der Waals surface area contributed by atoms with Gasteiger partial charge < -0.3 is 20.7 Å². The predicted octanol–water partition coefficient (Wildman–Crippen LogP) is 1.46. The number of carbonyl (C=O) groups excluding carboxylic acids is 2. The van der Waals surface area contributed by atoms with Crippen LogP contribution in [0.3, 0.4) is 0 Å². The number of piperazine rings is 1. The molecule has 1 aliphatic heterocycles. The molecule has 6 nitrogen and oxygen atoms in total. The molecular weight excluding hydrogens is 358 g/mol. The van der Waals surface area contributed by atoms with Crippen molar-refractivity contribution < 1.29 is 14.7 Å². The van der Waals surface area contributed by atoms with Gasteiger partial charge in [0.2, 0.25) is 0 Å². The molecule has 1 aliphatic rings. The molecule has 1 unspecified atom stereocenters. The van der Waals surface area contributed by atoms with E-state index in [2.05, 4.69) is 15.6 Å². The van der Waals surface area contributed by atoms with Crippen LogP contribution in [0.1, 0.15) is 12.5 Å². The summed E-state index contributed by atoms with van der Waals surface area (Å²) in [6.07, 6.45) is 4.69. The van der Waals surface area contributed by atoms with E-state index in [1.807, 2.05) is 30.5 Å². The molecule has 0 aliphatic carbocycles. The largest absolute Gasteiger partial charge is 0.389 e. The number of H-pyrrole nitrogens is 1. The van der Waals surface area contributed by atoms with Gasteiger partial charge >= 0.3 is 0 Å². The van der Waals surface area contributed by atoms with Crippen molar-refractivity contribution in [2.45, 2.75) is 29.2 Å². The molecule has 8 heteroatoms. The van der Waals surface area contributed by atoms with Crippen LogP contribution in [0.4, 0.5) is 0 Å². The van der Waals surface area contributed by atoms with Crippen molar-refractivity contribution in [1.82, 2.24) is 15.6 Å². The third-order valence-corrected chi connectivity index (χ3v) is 7.09. The number of thioether (sulfide) groups is 2. The lowest BCUT2D eigenvalue weighted by atomic mass is 9.98. The average Bonchev–Trinajstić information content (AvgIpc) is 3.00. The molecule has 0 spiro atoms. The van der Waals surface area contributed by atoms with Crippen LogP contribution in [-0.4, -0.2) is 50.3 Å². The number of fused-ring (bicyclic) bond motifs is 1.